The zero-order chi connectivity index (χ0) is 15.8. The zero-order valence-corrected chi connectivity index (χ0v) is 13.7. The molecule has 0 aromatic rings. The Balaban J connectivity index is 2.04. The first-order valence-corrected chi connectivity index (χ1v) is 10.0. The highest BCUT2D eigenvalue weighted by Crippen LogP contribution is 2.36. The van der Waals surface area contributed by atoms with E-state index in [0.29, 0.717) is 12.8 Å². The number of hydrogen-bond donors (Lipinski definition) is 0. The number of nitrogens with zero attached hydrogens (tertiary/aromatic N) is 2. The first kappa shape index (κ1) is 16.7. The summed E-state index contributed by atoms with van der Waals surface area (Å²) >= 11 is 0. The average molecular weight is 340 g/mol. The van der Waals surface area contributed by atoms with Crippen LogP contribution in [0.4, 0.5) is 0 Å². The summed E-state index contributed by atoms with van der Waals surface area (Å²) in [5.41, 5.74) is 0. The zero-order valence-electron chi connectivity index (χ0n) is 12.1. The van der Waals surface area contributed by atoms with Gasteiger partial charge in [0.15, 0.2) is 0 Å². The second-order valence-electron chi connectivity index (χ2n) is 5.35. The molecule has 2 fully saturated rings. The van der Waals surface area contributed by atoms with Crippen LogP contribution < -0.4 is 0 Å². The average Bonchev–Trinajstić information content (AvgIpc) is 2.35. The molecule has 0 spiro atoms. The van der Waals surface area contributed by atoms with Gasteiger partial charge in [-0.1, -0.05) is 0 Å². The maximum atomic E-state index is 12.5. The summed E-state index contributed by atoms with van der Waals surface area (Å²) in [5.74, 6) is -1.10. The molecular weight excluding hydrogens is 320 g/mol. The van der Waals surface area contributed by atoms with Crippen LogP contribution >= 0.6 is 0 Å². The van der Waals surface area contributed by atoms with E-state index in [1.165, 1.54) is 15.7 Å². The highest BCUT2D eigenvalue weighted by atomic mass is 32.2. The minimum absolute atomic E-state index is 0.125. The maximum absolute atomic E-state index is 12.5. The molecule has 122 valence electrons. The summed E-state index contributed by atoms with van der Waals surface area (Å²) in [6.07, 6.45) is 2.06. The Labute approximate surface area is 125 Å². The van der Waals surface area contributed by atoms with E-state index >= 15 is 0 Å². The minimum Gasteiger partial charge on any atom is -0.469 e. The predicted octanol–water partition coefficient (Wildman–Crippen LogP) is -1.15. The number of methoxy groups -OCH3 is 1. The van der Waals surface area contributed by atoms with Gasteiger partial charge in [0.25, 0.3) is 0 Å². The van der Waals surface area contributed by atoms with Gasteiger partial charge in [-0.05, 0) is 12.8 Å². The number of carbonyl (C=O) groups excluding carboxylic acids is 1. The molecule has 2 atom stereocenters. The van der Waals surface area contributed by atoms with Crippen molar-refractivity contribution in [2.45, 2.75) is 18.1 Å². The number of piperazine rings is 1. The Bertz CT molecular complexity index is 607. The summed E-state index contributed by atoms with van der Waals surface area (Å²) < 4.78 is 55.0. The minimum atomic E-state index is -3.59. The molecule has 1 saturated carbocycles. The third-order valence-electron chi connectivity index (χ3n) is 4.12. The van der Waals surface area contributed by atoms with E-state index in [2.05, 4.69) is 4.74 Å². The van der Waals surface area contributed by atoms with Crippen molar-refractivity contribution >= 4 is 26.0 Å². The highest BCUT2D eigenvalue weighted by Gasteiger charge is 2.48. The maximum Gasteiger partial charge on any atom is 0.310 e. The number of hydrogen-bond acceptors (Lipinski definition) is 6. The molecule has 1 heterocycles. The number of rotatable bonds is 4. The molecule has 2 aliphatic rings. The molecule has 0 bridgehead atoms. The van der Waals surface area contributed by atoms with E-state index in [0.717, 1.165) is 6.26 Å². The lowest BCUT2D eigenvalue weighted by Crippen LogP contribution is -2.56. The Morgan fingerprint density at radius 1 is 1.00 bits per heavy atom. The Hall–Kier alpha value is -0.710. The van der Waals surface area contributed by atoms with E-state index in [1.807, 2.05) is 0 Å². The fraction of sp³-hybridized carbons (Fsp3) is 0.909. The van der Waals surface area contributed by atoms with E-state index in [4.69, 9.17) is 0 Å². The van der Waals surface area contributed by atoms with Gasteiger partial charge in [-0.2, -0.15) is 8.61 Å². The van der Waals surface area contributed by atoms with Crippen LogP contribution in [0, 0.1) is 5.92 Å². The summed E-state index contributed by atoms with van der Waals surface area (Å²) in [6.45, 7) is 0.543. The van der Waals surface area contributed by atoms with Crippen LogP contribution in [0.1, 0.15) is 12.8 Å². The van der Waals surface area contributed by atoms with Gasteiger partial charge in [-0.3, -0.25) is 4.79 Å². The van der Waals surface area contributed by atoms with Crippen molar-refractivity contribution in [2.24, 2.45) is 5.92 Å². The number of ether oxygens (including phenoxy) is 1. The second kappa shape index (κ2) is 5.82. The normalized spacial score (nSPS) is 28.9. The van der Waals surface area contributed by atoms with Gasteiger partial charge in [-0.15, -0.1) is 0 Å². The van der Waals surface area contributed by atoms with Gasteiger partial charge in [0.05, 0.1) is 24.5 Å². The molecule has 1 aliphatic heterocycles. The van der Waals surface area contributed by atoms with Crippen LogP contribution in [0.5, 0.6) is 0 Å². The highest BCUT2D eigenvalue weighted by molar-refractivity contribution is 7.90. The van der Waals surface area contributed by atoms with Crippen LogP contribution in [-0.4, -0.2) is 76.2 Å². The largest absolute Gasteiger partial charge is 0.469 e. The van der Waals surface area contributed by atoms with Crippen LogP contribution in [-0.2, 0) is 29.6 Å². The summed E-state index contributed by atoms with van der Waals surface area (Å²) in [7, 11) is -5.64. The summed E-state index contributed by atoms with van der Waals surface area (Å²) in [6, 6.07) is 0. The molecule has 8 nitrogen and oxygen atoms in total. The van der Waals surface area contributed by atoms with Crippen molar-refractivity contribution < 1.29 is 26.4 Å². The lowest BCUT2D eigenvalue weighted by Gasteiger charge is -2.40. The van der Waals surface area contributed by atoms with Gasteiger partial charge in [0.2, 0.25) is 20.0 Å². The van der Waals surface area contributed by atoms with Crippen LogP contribution in [0.15, 0.2) is 0 Å². The van der Waals surface area contributed by atoms with Gasteiger partial charge in [0, 0.05) is 26.2 Å². The second-order valence-corrected chi connectivity index (χ2v) is 9.49. The van der Waals surface area contributed by atoms with Crippen molar-refractivity contribution in [1.29, 1.82) is 0 Å². The third-order valence-corrected chi connectivity index (χ3v) is 7.84. The Morgan fingerprint density at radius 2 is 1.52 bits per heavy atom. The quantitative estimate of drug-likeness (QED) is 0.599. The molecule has 1 saturated heterocycles. The van der Waals surface area contributed by atoms with Gasteiger partial charge < -0.3 is 4.74 Å². The third kappa shape index (κ3) is 3.22. The monoisotopic (exact) mass is 340 g/mol. The number of sulfonamides is 2. The van der Waals surface area contributed by atoms with Gasteiger partial charge >= 0.3 is 5.97 Å². The fourth-order valence-corrected chi connectivity index (χ4v) is 5.67. The number of esters is 1. The van der Waals surface area contributed by atoms with Gasteiger partial charge in [-0.25, -0.2) is 16.8 Å². The van der Waals surface area contributed by atoms with Crippen molar-refractivity contribution in [3.8, 4) is 0 Å². The van der Waals surface area contributed by atoms with Crippen LogP contribution in [0.3, 0.4) is 0 Å². The van der Waals surface area contributed by atoms with Crippen LogP contribution in [0.25, 0.3) is 0 Å². The molecule has 0 aromatic heterocycles. The van der Waals surface area contributed by atoms with E-state index in [1.54, 1.807) is 0 Å². The van der Waals surface area contributed by atoms with Crippen molar-refractivity contribution in [3.05, 3.63) is 0 Å². The molecule has 0 N–H and O–H groups in total. The molecule has 2 unspecified atom stereocenters. The lowest BCUT2D eigenvalue weighted by molar-refractivity contribution is -0.148. The molecule has 21 heavy (non-hydrogen) atoms. The fourth-order valence-electron chi connectivity index (χ4n) is 2.69. The SMILES string of the molecule is COC(=O)C1CCC1S(=O)(=O)N1CCN(S(C)(=O)=O)CC1. The molecule has 10 heteroatoms. The topological polar surface area (TPSA) is 101 Å². The molecule has 0 aromatic carbocycles. The van der Waals surface area contributed by atoms with Crippen molar-refractivity contribution in [2.75, 3.05) is 39.5 Å². The predicted molar refractivity (Wildman–Crippen MR) is 75.4 cm³/mol. The summed E-state index contributed by atoms with van der Waals surface area (Å²) in [4.78, 5) is 11.5. The summed E-state index contributed by atoms with van der Waals surface area (Å²) in [5, 5.41) is -0.741. The van der Waals surface area contributed by atoms with Gasteiger partial charge in [0.1, 0.15) is 0 Å². The van der Waals surface area contributed by atoms with Crippen LogP contribution in [0.2, 0.25) is 0 Å². The molecule has 1 aliphatic carbocycles. The first-order chi connectivity index (χ1) is 9.67. The Morgan fingerprint density at radius 3 is 1.90 bits per heavy atom. The van der Waals surface area contributed by atoms with Crippen molar-refractivity contribution in [3.63, 3.8) is 0 Å². The van der Waals surface area contributed by atoms with E-state index < -0.39 is 37.2 Å². The first-order valence-electron chi connectivity index (χ1n) is 6.70. The molecular formula is C11H20N2O6S2. The molecule has 2 rings (SSSR count). The standard InChI is InChI=1S/C11H20N2O6S2/c1-19-11(14)9-3-4-10(9)21(17,18)13-7-5-12(6-8-13)20(2,15)16/h9-10H,3-8H2,1-2H3. The molecule has 0 radical (unpaired) electrons. The van der Waals surface area contributed by atoms with Crippen molar-refractivity contribution in [1.82, 2.24) is 8.61 Å². The smallest absolute Gasteiger partial charge is 0.310 e. The van der Waals surface area contributed by atoms with E-state index in [9.17, 15) is 21.6 Å². The Kier molecular flexibility index (Phi) is 4.62. The molecule has 0 amide bonds. The van der Waals surface area contributed by atoms with E-state index in [-0.39, 0.29) is 26.2 Å². The lowest BCUT2D eigenvalue weighted by atomic mass is 9.85. The number of carbonyl (C=O) groups is 1.